The summed E-state index contributed by atoms with van der Waals surface area (Å²) in [6, 6.07) is -0.830. The Kier molecular flexibility index (Phi) is 55.0. The van der Waals surface area contributed by atoms with Crippen LogP contribution in [0.3, 0.4) is 0 Å². The molecule has 9 nitrogen and oxygen atoms in total. The summed E-state index contributed by atoms with van der Waals surface area (Å²) < 4.78 is 11.3. The number of amides is 1. The van der Waals surface area contributed by atoms with Crippen molar-refractivity contribution in [2.24, 2.45) is 0 Å². The summed E-state index contributed by atoms with van der Waals surface area (Å²) in [5, 5.41) is 54.5. The van der Waals surface area contributed by atoms with Crippen LogP contribution in [-0.4, -0.2) is 87.5 Å². The zero-order valence-corrected chi connectivity index (χ0v) is 50.9. The molecule has 9 heteroatoms. The van der Waals surface area contributed by atoms with Gasteiger partial charge in [0.1, 0.15) is 24.4 Å². The lowest BCUT2D eigenvalue weighted by Gasteiger charge is -2.40. The molecule has 1 heterocycles. The maximum atomic E-state index is 13.1. The highest BCUT2D eigenvalue weighted by Gasteiger charge is 2.44. The van der Waals surface area contributed by atoms with Crippen LogP contribution in [-0.2, 0) is 14.3 Å². The van der Waals surface area contributed by atoms with Crippen molar-refractivity contribution in [2.45, 2.75) is 358 Å². The van der Waals surface area contributed by atoms with Crippen LogP contribution < -0.4 is 5.32 Å². The van der Waals surface area contributed by atoms with E-state index in [0.717, 1.165) is 57.8 Å². The fourth-order valence-corrected chi connectivity index (χ4v) is 10.5. The highest BCUT2D eigenvalue weighted by atomic mass is 16.7. The fraction of sp³-hybridized carbons (Fsp3) is 0.841. The lowest BCUT2D eigenvalue weighted by molar-refractivity contribution is -0.302. The largest absolute Gasteiger partial charge is 0.394 e. The summed E-state index contributed by atoms with van der Waals surface area (Å²) in [7, 11) is 0. The lowest BCUT2D eigenvalue weighted by atomic mass is 9.99. The Labute approximate surface area is 481 Å². The van der Waals surface area contributed by atoms with Gasteiger partial charge in [0.2, 0.25) is 5.91 Å². The molecule has 456 valence electrons. The predicted molar refractivity (Wildman–Crippen MR) is 332 cm³/mol. The van der Waals surface area contributed by atoms with Crippen molar-refractivity contribution in [2.75, 3.05) is 13.2 Å². The summed E-state index contributed by atoms with van der Waals surface area (Å²) in [5.74, 6) is -0.189. The zero-order chi connectivity index (χ0) is 56.5. The van der Waals surface area contributed by atoms with Crippen LogP contribution in [0.2, 0.25) is 0 Å². The molecule has 1 rings (SSSR count). The zero-order valence-electron chi connectivity index (χ0n) is 50.9. The van der Waals surface area contributed by atoms with E-state index in [2.05, 4.69) is 67.8 Å². The Morgan fingerprint density at radius 3 is 1.15 bits per heavy atom. The minimum absolute atomic E-state index is 0.189. The molecule has 1 fully saturated rings. The van der Waals surface area contributed by atoms with Crippen LogP contribution in [0.15, 0.2) is 60.8 Å². The number of allylic oxidation sites excluding steroid dienone is 9. The number of carbonyl (C=O) groups excluding carboxylic acids is 1. The van der Waals surface area contributed by atoms with Crippen LogP contribution in [0.4, 0.5) is 0 Å². The number of hydrogen-bond acceptors (Lipinski definition) is 8. The molecule has 1 amide bonds. The summed E-state index contributed by atoms with van der Waals surface area (Å²) in [6.07, 6.45) is 73.4. The molecule has 1 saturated heterocycles. The van der Waals surface area contributed by atoms with Crippen molar-refractivity contribution in [3.05, 3.63) is 60.8 Å². The van der Waals surface area contributed by atoms with Crippen LogP contribution >= 0.6 is 0 Å². The normalized spacial score (nSPS) is 19.0. The number of unbranched alkanes of at least 4 members (excludes halogenated alkanes) is 40. The minimum atomic E-state index is -1.58. The van der Waals surface area contributed by atoms with Gasteiger partial charge in [0.15, 0.2) is 6.29 Å². The molecule has 0 bridgehead atoms. The van der Waals surface area contributed by atoms with E-state index in [0.29, 0.717) is 6.42 Å². The molecule has 78 heavy (non-hydrogen) atoms. The van der Waals surface area contributed by atoms with Crippen molar-refractivity contribution in [3.63, 3.8) is 0 Å². The lowest BCUT2D eigenvalue weighted by Crippen LogP contribution is -2.60. The number of rotatable bonds is 58. The number of aliphatic hydroxyl groups excluding tert-OH is 5. The molecular weight excluding hydrogens is 971 g/mol. The average molecular weight is 1100 g/mol. The van der Waals surface area contributed by atoms with E-state index in [9.17, 15) is 30.3 Å². The molecule has 1 aliphatic rings. The standard InChI is InChI=1S/C69H127NO8/c1-3-5-7-9-11-13-15-17-19-21-22-23-24-25-26-27-28-29-30-31-32-33-34-35-36-37-38-39-40-41-42-43-45-47-49-51-53-55-57-59-65(73)70-62(61-77-69-68(76)67(75)66(74)64(60-71)78-69)63(72)58-56-54-52-50-48-46-44-20-18-16-14-12-10-8-6-4-2/h18,20,28-29,31-32,48,50,56,58,62-64,66-69,71-72,74-76H,3-17,19,21-27,30,33-47,49,51-55,57,59-61H2,1-2H3,(H,70,73)/b20-18+,29-28-,32-31-,50-48+,58-56+. The Morgan fingerprint density at radius 2 is 0.769 bits per heavy atom. The van der Waals surface area contributed by atoms with Gasteiger partial charge >= 0.3 is 0 Å². The molecule has 0 aromatic heterocycles. The summed E-state index contributed by atoms with van der Waals surface area (Å²) >= 11 is 0. The second-order valence-corrected chi connectivity index (χ2v) is 23.2. The topological polar surface area (TPSA) is 149 Å². The van der Waals surface area contributed by atoms with Gasteiger partial charge in [-0.15, -0.1) is 0 Å². The number of ether oxygens (including phenoxy) is 2. The predicted octanol–water partition coefficient (Wildman–Crippen LogP) is 17.8. The highest BCUT2D eigenvalue weighted by Crippen LogP contribution is 2.23. The third-order valence-electron chi connectivity index (χ3n) is 15.8. The quantitative estimate of drug-likeness (QED) is 0.0261. The first-order valence-electron chi connectivity index (χ1n) is 33.5. The molecule has 0 radical (unpaired) electrons. The van der Waals surface area contributed by atoms with Crippen molar-refractivity contribution >= 4 is 5.91 Å². The number of hydrogen-bond donors (Lipinski definition) is 6. The molecular formula is C69H127NO8. The van der Waals surface area contributed by atoms with Gasteiger partial charge in [0, 0.05) is 6.42 Å². The Bertz CT molecular complexity index is 1410. The molecule has 7 unspecified atom stereocenters. The molecule has 0 aliphatic carbocycles. The maximum Gasteiger partial charge on any atom is 0.220 e. The molecule has 7 atom stereocenters. The van der Waals surface area contributed by atoms with E-state index in [1.165, 1.54) is 238 Å². The highest BCUT2D eigenvalue weighted by molar-refractivity contribution is 5.76. The minimum Gasteiger partial charge on any atom is -0.394 e. The van der Waals surface area contributed by atoms with Gasteiger partial charge in [0.25, 0.3) is 0 Å². The Hall–Kier alpha value is -2.11. The average Bonchev–Trinajstić information content (AvgIpc) is 3.45. The van der Waals surface area contributed by atoms with Crippen LogP contribution in [0.25, 0.3) is 0 Å². The van der Waals surface area contributed by atoms with Crippen LogP contribution in [0.5, 0.6) is 0 Å². The number of nitrogens with one attached hydrogen (secondary N) is 1. The van der Waals surface area contributed by atoms with E-state index in [1.807, 2.05) is 6.08 Å². The molecule has 6 N–H and O–H groups in total. The van der Waals surface area contributed by atoms with Gasteiger partial charge in [0.05, 0.1) is 25.4 Å². The van der Waals surface area contributed by atoms with Crippen LogP contribution in [0, 0.1) is 0 Å². The second-order valence-electron chi connectivity index (χ2n) is 23.2. The van der Waals surface area contributed by atoms with E-state index in [1.54, 1.807) is 6.08 Å². The molecule has 0 aromatic rings. The van der Waals surface area contributed by atoms with Gasteiger partial charge < -0.3 is 40.3 Å². The van der Waals surface area contributed by atoms with Gasteiger partial charge in [-0.25, -0.2) is 0 Å². The second kappa shape index (κ2) is 58.1. The molecule has 1 aliphatic heterocycles. The van der Waals surface area contributed by atoms with Gasteiger partial charge in [-0.3, -0.25) is 4.79 Å². The number of carbonyl (C=O) groups is 1. The summed E-state index contributed by atoms with van der Waals surface area (Å²) in [4.78, 5) is 13.1. The van der Waals surface area contributed by atoms with Crippen molar-refractivity contribution < 1.29 is 39.8 Å². The van der Waals surface area contributed by atoms with E-state index in [4.69, 9.17) is 9.47 Å². The van der Waals surface area contributed by atoms with Gasteiger partial charge in [-0.1, -0.05) is 293 Å². The smallest absolute Gasteiger partial charge is 0.220 e. The maximum absolute atomic E-state index is 13.1. The van der Waals surface area contributed by atoms with E-state index in [-0.39, 0.29) is 12.5 Å². The first-order valence-corrected chi connectivity index (χ1v) is 33.5. The SMILES string of the molecule is CCCCCCCC/C=C/CC/C=C/CC/C=C/C(O)C(COC1OC(CO)C(O)C(O)C1O)NC(=O)CCCCCCCCCCCCCCCCCCC/C=C\C/C=C\CCCCCCCCCCCCCCCCC. The van der Waals surface area contributed by atoms with E-state index >= 15 is 0 Å². The molecule has 0 spiro atoms. The van der Waals surface area contributed by atoms with Gasteiger partial charge in [-0.2, -0.15) is 0 Å². The Morgan fingerprint density at radius 1 is 0.436 bits per heavy atom. The van der Waals surface area contributed by atoms with Gasteiger partial charge in [-0.05, 0) is 77.0 Å². The number of aliphatic hydroxyl groups is 5. The Balaban J connectivity index is 2.08. The third kappa shape index (κ3) is 46.5. The monoisotopic (exact) mass is 1100 g/mol. The molecule has 0 saturated carbocycles. The molecule has 0 aromatic carbocycles. The van der Waals surface area contributed by atoms with Crippen molar-refractivity contribution in [3.8, 4) is 0 Å². The third-order valence-corrected chi connectivity index (χ3v) is 15.8. The van der Waals surface area contributed by atoms with Crippen LogP contribution in [0.1, 0.15) is 316 Å². The van der Waals surface area contributed by atoms with Crippen molar-refractivity contribution in [1.29, 1.82) is 0 Å². The first kappa shape index (κ1) is 73.9. The fourth-order valence-electron chi connectivity index (χ4n) is 10.5. The first-order chi connectivity index (χ1) is 38.3. The summed E-state index contributed by atoms with van der Waals surface area (Å²) in [6.45, 7) is 3.77. The summed E-state index contributed by atoms with van der Waals surface area (Å²) in [5.41, 5.74) is 0. The van der Waals surface area contributed by atoms with Crippen molar-refractivity contribution in [1.82, 2.24) is 5.32 Å². The van der Waals surface area contributed by atoms with E-state index < -0.39 is 49.5 Å².